The maximum atomic E-state index is 4.00. The summed E-state index contributed by atoms with van der Waals surface area (Å²) in [6.45, 7) is 10.7. The van der Waals surface area contributed by atoms with E-state index in [0.717, 1.165) is 0 Å². The lowest BCUT2D eigenvalue weighted by Gasteiger charge is -2.25. The first-order chi connectivity index (χ1) is 6.50. The molecule has 0 aromatic carbocycles. The van der Waals surface area contributed by atoms with Crippen molar-refractivity contribution in [2.24, 2.45) is 0 Å². The van der Waals surface area contributed by atoms with Gasteiger partial charge in [0.25, 0.3) is 0 Å². The third-order valence-electron chi connectivity index (χ3n) is 2.60. The van der Waals surface area contributed by atoms with Crippen LogP contribution >= 0.6 is 0 Å². The summed E-state index contributed by atoms with van der Waals surface area (Å²) in [4.78, 5) is 0. The van der Waals surface area contributed by atoms with E-state index in [2.05, 4.69) is 58.3 Å². The normalized spacial score (nSPS) is 14.5. The summed E-state index contributed by atoms with van der Waals surface area (Å²) in [6, 6.07) is 0. The van der Waals surface area contributed by atoms with E-state index < -0.39 is 0 Å². The van der Waals surface area contributed by atoms with Crippen molar-refractivity contribution >= 4 is 6.08 Å². The second kappa shape index (κ2) is 2.81. The maximum absolute atomic E-state index is 4.00. The van der Waals surface area contributed by atoms with Gasteiger partial charge in [-0.3, -0.25) is 0 Å². The molecule has 1 aliphatic rings. The molecule has 0 N–H and O–H groups in total. The van der Waals surface area contributed by atoms with Gasteiger partial charge in [-0.25, -0.2) is 0 Å². The predicted molar refractivity (Wildman–Crippen MR) is 58.3 cm³/mol. The Bertz CT molecular complexity index is 481. The molecule has 1 aromatic heterocycles. The number of rotatable bonds is 0. The smallest absolute Gasteiger partial charge is 0.0704 e. The molecule has 0 aliphatic heterocycles. The molecule has 0 radical (unpaired) electrons. The van der Waals surface area contributed by atoms with Crippen LogP contribution in [0.5, 0.6) is 0 Å². The van der Waals surface area contributed by atoms with Crippen LogP contribution in [0, 0.1) is 13.1 Å². The van der Waals surface area contributed by atoms with Crippen molar-refractivity contribution in [3.63, 3.8) is 0 Å². The average molecular weight is 186 g/mol. The van der Waals surface area contributed by atoms with Gasteiger partial charge in [0.15, 0.2) is 0 Å². The predicted octanol–water partition coefficient (Wildman–Crippen LogP) is 1.53. The van der Waals surface area contributed by atoms with Gasteiger partial charge in [-0.1, -0.05) is 32.3 Å². The van der Waals surface area contributed by atoms with Crippen LogP contribution in [0.1, 0.15) is 31.9 Å². The fourth-order valence-corrected chi connectivity index (χ4v) is 1.84. The Labute approximate surface area is 85.1 Å². The highest BCUT2D eigenvalue weighted by Gasteiger charge is 2.14. The molecule has 1 aromatic rings. The van der Waals surface area contributed by atoms with Gasteiger partial charge >= 0.3 is 0 Å². The molecule has 74 valence electrons. The molecule has 1 aliphatic carbocycles. The van der Waals surface area contributed by atoms with E-state index in [1.807, 2.05) is 4.24 Å². The van der Waals surface area contributed by atoms with Gasteiger partial charge in [-0.2, -0.15) is 12.5 Å². The molecule has 0 saturated heterocycles. The summed E-state index contributed by atoms with van der Waals surface area (Å²) in [5.41, 5.74) is 2.86. The SMILES string of the molecule is C=[n+]1[cH-]c(C(C)(C)C)c2c1=CC=C[CH-]2. The van der Waals surface area contributed by atoms with E-state index in [1.165, 1.54) is 16.5 Å². The molecule has 0 atom stereocenters. The zero-order valence-electron chi connectivity index (χ0n) is 9.04. The molecule has 0 amide bonds. The van der Waals surface area contributed by atoms with Crippen LogP contribution in [0.2, 0.25) is 0 Å². The average Bonchev–Trinajstić information content (AvgIpc) is 2.44. The van der Waals surface area contributed by atoms with Crippen LogP contribution in [-0.2, 0) is 5.41 Å². The van der Waals surface area contributed by atoms with Crippen molar-refractivity contribution in [2.45, 2.75) is 26.2 Å². The van der Waals surface area contributed by atoms with Crippen molar-refractivity contribution in [3.05, 3.63) is 48.0 Å². The third kappa shape index (κ3) is 1.29. The van der Waals surface area contributed by atoms with Crippen molar-refractivity contribution in [3.8, 4) is 0 Å². The van der Waals surface area contributed by atoms with E-state index >= 15 is 0 Å². The highest BCUT2D eigenvalue weighted by molar-refractivity contribution is 5.49. The first-order valence-electron chi connectivity index (χ1n) is 4.91. The lowest BCUT2D eigenvalue weighted by molar-refractivity contribution is -0.510. The molecule has 2 rings (SSSR count). The van der Waals surface area contributed by atoms with Gasteiger partial charge in [0.1, 0.15) is 0 Å². The van der Waals surface area contributed by atoms with E-state index in [-0.39, 0.29) is 5.41 Å². The number of hydrogen-bond acceptors (Lipinski definition) is 0. The standard InChI is InChI=1S/C13H16N/c1-13(2,3)11-9-14(4)12-8-6-5-7-10(11)12/h5-9H,4H2,1-3H3/q-1. The topological polar surface area (TPSA) is 5.90 Å². The highest BCUT2D eigenvalue weighted by atomic mass is 14.8. The monoisotopic (exact) mass is 186 g/mol. The second-order valence-corrected chi connectivity index (χ2v) is 4.78. The van der Waals surface area contributed by atoms with Gasteiger partial charge in [-0.15, -0.1) is 17.2 Å². The van der Waals surface area contributed by atoms with Crippen molar-refractivity contribution in [2.75, 3.05) is 0 Å². The van der Waals surface area contributed by atoms with Crippen LogP contribution in [-0.4, -0.2) is 0 Å². The minimum absolute atomic E-state index is 0.183. The molecular weight excluding hydrogens is 170 g/mol. The van der Waals surface area contributed by atoms with Crippen LogP contribution in [0.25, 0.3) is 6.08 Å². The van der Waals surface area contributed by atoms with Crippen LogP contribution in [0.15, 0.2) is 18.3 Å². The molecule has 1 nitrogen and oxygen atoms in total. The Morgan fingerprint density at radius 1 is 1.36 bits per heavy atom. The molecule has 0 spiro atoms. The molecule has 1 heteroatoms. The fourth-order valence-electron chi connectivity index (χ4n) is 1.84. The zero-order chi connectivity index (χ0) is 10.3. The Morgan fingerprint density at radius 2 is 2.07 bits per heavy atom. The van der Waals surface area contributed by atoms with Crippen molar-refractivity contribution < 1.29 is 4.24 Å². The fraction of sp³-hybridized carbons (Fsp3) is 0.308. The largest absolute Gasteiger partial charge is 0.311 e. The van der Waals surface area contributed by atoms with Gasteiger partial charge in [0, 0.05) is 6.20 Å². The molecule has 1 heterocycles. The van der Waals surface area contributed by atoms with Gasteiger partial charge < -0.3 is 4.24 Å². The summed E-state index contributed by atoms with van der Waals surface area (Å²) < 4.78 is 1.95. The number of nitrogens with zero attached hydrogens (tertiary/aromatic N) is 1. The molecule has 0 saturated carbocycles. The van der Waals surface area contributed by atoms with E-state index in [0.29, 0.717) is 0 Å². The van der Waals surface area contributed by atoms with E-state index in [1.54, 1.807) is 0 Å². The van der Waals surface area contributed by atoms with Crippen LogP contribution in [0.4, 0.5) is 0 Å². The Kier molecular flexibility index (Phi) is 1.84. The van der Waals surface area contributed by atoms with Gasteiger partial charge in [0.05, 0.1) is 12.1 Å². The van der Waals surface area contributed by atoms with Crippen molar-refractivity contribution in [1.82, 2.24) is 0 Å². The van der Waals surface area contributed by atoms with Crippen LogP contribution < -0.4 is 9.59 Å². The molecule has 0 bridgehead atoms. The maximum Gasteiger partial charge on any atom is 0.0704 e. The Hall–Kier alpha value is -1.37. The summed E-state index contributed by atoms with van der Waals surface area (Å²) in [6.07, 6.45) is 10.5. The van der Waals surface area contributed by atoms with Crippen molar-refractivity contribution in [1.29, 1.82) is 0 Å². The summed E-state index contributed by atoms with van der Waals surface area (Å²) in [5, 5.41) is 1.21. The van der Waals surface area contributed by atoms with Crippen LogP contribution in [0.3, 0.4) is 0 Å². The molecular formula is C13H16N-. The quantitative estimate of drug-likeness (QED) is 0.428. The minimum atomic E-state index is 0.183. The molecule has 14 heavy (non-hydrogen) atoms. The van der Waals surface area contributed by atoms with E-state index in [4.69, 9.17) is 0 Å². The van der Waals surface area contributed by atoms with Gasteiger partial charge in [0.2, 0.25) is 0 Å². The highest BCUT2D eigenvalue weighted by Crippen LogP contribution is 2.24. The first kappa shape index (κ1) is 9.20. The minimum Gasteiger partial charge on any atom is -0.311 e. The number of allylic oxidation sites excluding steroid dienone is 2. The lowest BCUT2D eigenvalue weighted by atomic mass is 9.85. The zero-order valence-corrected chi connectivity index (χ0v) is 9.04. The number of hydrogen-bond donors (Lipinski definition) is 0. The molecule has 0 unspecified atom stereocenters. The third-order valence-corrected chi connectivity index (χ3v) is 2.60. The first-order valence-corrected chi connectivity index (χ1v) is 4.91. The summed E-state index contributed by atoms with van der Waals surface area (Å²) >= 11 is 0. The van der Waals surface area contributed by atoms with E-state index in [9.17, 15) is 0 Å². The Balaban J connectivity index is 2.75. The lowest BCUT2D eigenvalue weighted by Crippen LogP contribution is -2.33. The number of aromatic nitrogens is 1. The summed E-state index contributed by atoms with van der Waals surface area (Å²) in [5.74, 6) is 0. The number of fused-ring (bicyclic) bond motifs is 1. The molecule has 0 fully saturated rings. The summed E-state index contributed by atoms with van der Waals surface area (Å²) in [7, 11) is 0. The second-order valence-electron chi connectivity index (χ2n) is 4.78. The Morgan fingerprint density at radius 3 is 2.71 bits per heavy atom. The van der Waals surface area contributed by atoms with Gasteiger partial charge in [-0.05, 0) is 0 Å².